The molecule has 1 aromatic heterocycles. The molecule has 1 fully saturated rings. The monoisotopic (exact) mass is 409 g/mol. The molecule has 150 valence electrons. The fourth-order valence-electron chi connectivity index (χ4n) is 3.80. The third-order valence-electron chi connectivity index (χ3n) is 5.43. The van der Waals surface area contributed by atoms with Crippen LogP contribution in [-0.2, 0) is 23.9 Å². The Hall–Kier alpha value is -2.06. The smallest absolute Gasteiger partial charge is 0.369 e. The van der Waals surface area contributed by atoms with Gasteiger partial charge in [-0.1, -0.05) is 6.07 Å². The van der Waals surface area contributed by atoms with Crippen LogP contribution in [0, 0.1) is 0 Å². The van der Waals surface area contributed by atoms with Crippen molar-refractivity contribution in [1.29, 1.82) is 0 Å². The molecule has 1 amide bonds. The lowest BCUT2D eigenvalue weighted by Crippen LogP contribution is -2.50. The number of carbonyl (C=O) groups is 1. The summed E-state index contributed by atoms with van der Waals surface area (Å²) in [6, 6.07) is 7.54. The van der Waals surface area contributed by atoms with Crippen LogP contribution in [0.4, 0.5) is 18.9 Å². The number of carbonyl (C=O) groups excluding carboxylic acids is 1. The Kier molecular flexibility index (Phi) is 5.33. The minimum absolute atomic E-state index is 0.129. The highest BCUT2D eigenvalue weighted by Crippen LogP contribution is 2.32. The molecule has 0 aliphatic carbocycles. The van der Waals surface area contributed by atoms with Crippen LogP contribution in [0.3, 0.4) is 0 Å². The summed E-state index contributed by atoms with van der Waals surface area (Å²) in [6.07, 6.45) is -3.41. The molecule has 4 nitrogen and oxygen atoms in total. The first-order chi connectivity index (χ1) is 13.4. The van der Waals surface area contributed by atoms with Crippen molar-refractivity contribution >= 4 is 22.9 Å². The van der Waals surface area contributed by atoms with Gasteiger partial charge >= 0.3 is 6.18 Å². The van der Waals surface area contributed by atoms with E-state index in [2.05, 4.69) is 16.3 Å². The molecule has 0 unspecified atom stereocenters. The third-order valence-corrected chi connectivity index (χ3v) is 6.45. The van der Waals surface area contributed by atoms with Crippen molar-refractivity contribution in [2.45, 2.75) is 19.1 Å². The number of halogens is 3. The molecule has 1 aromatic carbocycles. The molecule has 4 rings (SSSR count). The number of fused-ring (bicyclic) bond motifs is 1. The molecule has 0 bridgehead atoms. The fourth-order valence-corrected chi connectivity index (χ4v) is 4.69. The van der Waals surface area contributed by atoms with Crippen molar-refractivity contribution in [1.82, 2.24) is 9.80 Å². The summed E-state index contributed by atoms with van der Waals surface area (Å²) < 4.78 is 38.8. The lowest BCUT2D eigenvalue weighted by molar-refractivity contribution is -0.137. The van der Waals surface area contributed by atoms with Crippen molar-refractivity contribution in [3.63, 3.8) is 0 Å². The van der Waals surface area contributed by atoms with Gasteiger partial charge < -0.3 is 9.80 Å². The predicted octanol–water partition coefficient (Wildman–Crippen LogP) is 3.47. The molecule has 28 heavy (non-hydrogen) atoms. The number of benzene rings is 1. The number of nitrogens with zero attached hydrogens (tertiary/aromatic N) is 3. The lowest BCUT2D eigenvalue weighted by Gasteiger charge is -2.37. The van der Waals surface area contributed by atoms with Crippen LogP contribution in [0.1, 0.15) is 16.0 Å². The van der Waals surface area contributed by atoms with E-state index in [0.717, 1.165) is 19.0 Å². The second-order valence-electron chi connectivity index (χ2n) is 7.25. The highest BCUT2D eigenvalue weighted by molar-refractivity contribution is 7.10. The van der Waals surface area contributed by atoms with Crippen LogP contribution >= 0.6 is 11.3 Å². The van der Waals surface area contributed by atoms with Crippen LogP contribution in [0.25, 0.3) is 0 Å². The number of piperazine rings is 1. The summed E-state index contributed by atoms with van der Waals surface area (Å²) in [5.74, 6) is 0.129. The van der Waals surface area contributed by atoms with Gasteiger partial charge in [0, 0.05) is 49.8 Å². The molecule has 0 N–H and O–H groups in total. The van der Waals surface area contributed by atoms with Crippen molar-refractivity contribution in [3.8, 4) is 0 Å². The van der Waals surface area contributed by atoms with Crippen molar-refractivity contribution in [2.75, 3.05) is 44.2 Å². The maximum atomic E-state index is 12.9. The largest absolute Gasteiger partial charge is 0.416 e. The van der Waals surface area contributed by atoms with Gasteiger partial charge in [0.05, 0.1) is 12.1 Å². The molecule has 2 aromatic rings. The van der Waals surface area contributed by atoms with Crippen molar-refractivity contribution in [2.24, 2.45) is 0 Å². The second-order valence-corrected chi connectivity index (χ2v) is 8.25. The predicted molar refractivity (Wildman–Crippen MR) is 104 cm³/mol. The minimum atomic E-state index is -4.33. The highest BCUT2D eigenvalue weighted by Gasteiger charge is 2.31. The molecule has 2 aliphatic rings. The van der Waals surface area contributed by atoms with E-state index in [-0.39, 0.29) is 5.91 Å². The Balaban J connectivity index is 1.31. The number of anilines is 1. The Morgan fingerprint density at radius 2 is 1.86 bits per heavy atom. The van der Waals surface area contributed by atoms with Gasteiger partial charge in [0.15, 0.2) is 0 Å². The highest BCUT2D eigenvalue weighted by atomic mass is 32.1. The van der Waals surface area contributed by atoms with Crippen molar-refractivity contribution in [3.05, 3.63) is 51.7 Å². The number of hydrogen-bond donors (Lipinski definition) is 0. The Labute approximate surface area is 166 Å². The van der Waals surface area contributed by atoms with E-state index in [1.807, 2.05) is 9.80 Å². The number of hydrogen-bond acceptors (Lipinski definition) is 4. The number of rotatable bonds is 3. The zero-order valence-corrected chi connectivity index (χ0v) is 16.2. The molecule has 1 saturated heterocycles. The maximum absolute atomic E-state index is 12.9. The third kappa shape index (κ3) is 4.17. The molecular weight excluding hydrogens is 387 g/mol. The lowest BCUT2D eigenvalue weighted by atomic mass is 10.1. The molecular formula is C20H22F3N3OS. The van der Waals surface area contributed by atoms with Gasteiger partial charge in [0.2, 0.25) is 5.91 Å². The Morgan fingerprint density at radius 1 is 1.07 bits per heavy atom. The van der Waals surface area contributed by atoms with Gasteiger partial charge in [-0.05, 0) is 41.6 Å². The summed E-state index contributed by atoms with van der Waals surface area (Å²) in [4.78, 5) is 20.0. The fraction of sp³-hybridized carbons (Fsp3) is 0.450. The van der Waals surface area contributed by atoms with E-state index in [9.17, 15) is 18.0 Å². The number of amides is 1. The SMILES string of the molecule is O=C(CN1CCN(c2cccc(C(F)(F)F)c2)CC1)N1CCc2sccc2C1. The first-order valence-electron chi connectivity index (χ1n) is 9.38. The Morgan fingerprint density at radius 3 is 2.61 bits per heavy atom. The van der Waals surface area contributed by atoms with Gasteiger partial charge in [-0.2, -0.15) is 13.2 Å². The van der Waals surface area contributed by atoms with E-state index in [4.69, 9.17) is 0 Å². The first kappa shape index (κ1) is 19.3. The van der Waals surface area contributed by atoms with Gasteiger partial charge in [-0.3, -0.25) is 9.69 Å². The zero-order chi connectivity index (χ0) is 19.7. The first-order valence-corrected chi connectivity index (χ1v) is 10.3. The van der Waals surface area contributed by atoms with E-state index in [1.165, 1.54) is 22.6 Å². The molecule has 0 saturated carbocycles. The van der Waals surface area contributed by atoms with E-state index < -0.39 is 11.7 Å². The van der Waals surface area contributed by atoms with Gasteiger partial charge in [0.25, 0.3) is 0 Å². The van der Waals surface area contributed by atoms with E-state index in [1.54, 1.807) is 17.4 Å². The molecule has 3 heterocycles. The normalized spacial score (nSPS) is 18.2. The van der Waals surface area contributed by atoms with Crippen LogP contribution < -0.4 is 4.90 Å². The molecule has 0 spiro atoms. The maximum Gasteiger partial charge on any atom is 0.416 e. The quantitative estimate of drug-likeness (QED) is 0.777. The Bertz CT molecular complexity index is 843. The van der Waals surface area contributed by atoms with E-state index >= 15 is 0 Å². The average molecular weight is 409 g/mol. The summed E-state index contributed by atoms with van der Waals surface area (Å²) in [7, 11) is 0. The second kappa shape index (κ2) is 7.75. The van der Waals surface area contributed by atoms with Crippen LogP contribution in [0.15, 0.2) is 35.7 Å². The van der Waals surface area contributed by atoms with Crippen LogP contribution in [-0.4, -0.2) is 55.0 Å². The summed E-state index contributed by atoms with van der Waals surface area (Å²) >= 11 is 1.75. The summed E-state index contributed by atoms with van der Waals surface area (Å²) in [6.45, 7) is 4.37. The summed E-state index contributed by atoms with van der Waals surface area (Å²) in [5, 5.41) is 2.08. The summed E-state index contributed by atoms with van der Waals surface area (Å²) in [5.41, 5.74) is 1.21. The van der Waals surface area contributed by atoms with Crippen molar-refractivity contribution < 1.29 is 18.0 Å². The molecule has 0 atom stereocenters. The number of thiophene rings is 1. The van der Waals surface area contributed by atoms with E-state index in [0.29, 0.717) is 45.0 Å². The molecule has 2 aliphatic heterocycles. The van der Waals surface area contributed by atoms with Gasteiger partial charge in [0.1, 0.15) is 0 Å². The van der Waals surface area contributed by atoms with Gasteiger partial charge in [-0.15, -0.1) is 11.3 Å². The minimum Gasteiger partial charge on any atom is -0.369 e. The zero-order valence-electron chi connectivity index (χ0n) is 15.4. The standard InChI is InChI=1S/C20H22F3N3OS/c21-20(22,23)16-2-1-3-17(12-16)25-9-7-24(8-10-25)14-19(27)26-6-4-18-15(13-26)5-11-28-18/h1-3,5,11-12H,4,6-10,13-14H2. The molecule has 0 radical (unpaired) electrons. The molecule has 8 heteroatoms. The van der Waals surface area contributed by atoms with Crippen LogP contribution in [0.2, 0.25) is 0 Å². The van der Waals surface area contributed by atoms with Crippen LogP contribution in [0.5, 0.6) is 0 Å². The topological polar surface area (TPSA) is 26.8 Å². The number of alkyl halides is 3. The van der Waals surface area contributed by atoms with Gasteiger partial charge in [-0.25, -0.2) is 0 Å². The average Bonchev–Trinajstić information content (AvgIpc) is 3.16.